The Balaban J connectivity index is 3.07. The van der Waals surface area contributed by atoms with Crippen molar-refractivity contribution in [1.82, 2.24) is 0 Å². The molecule has 4 heteroatoms. The summed E-state index contributed by atoms with van der Waals surface area (Å²) in [6.45, 7) is 0. The maximum atomic E-state index is 12.3. The molecule has 10 heavy (non-hydrogen) atoms. The Kier molecular flexibility index (Phi) is 1.92. The number of hydrazine groups is 1. The Morgan fingerprint density at radius 3 is 2.70 bits per heavy atom. The molecule has 2 nitrogen and oxygen atoms in total. The van der Waals surface area contributed by atoms with Gasteiger partial charge in [-0.3, -0.25) is 5.84 Å². The van der Waals surface area contributed by atoms with Crippen molar-refractivity contribution in [2.75, 3.05) is 5.43 Å². The first-order valence-electron chi connectivity index (χ1n) is 2.75. The van der Waals surface area contributed by atoms with Gasteiger partial charge in [0.1, 0.15) is 13.7 Å². The largest absolute Gasteiger partial charge is 0.325 e. The number of anilines is 1. The summed E-state index contributed by atoms with van der Waals surface area (Å²) in [6.07, 6.45) is 0. The second-order valence-electron chi connectivity index (χ2n) is 1.88. The van der Waals surface area contributed by atoms with Crippen LogP contribution in [-0.2, 0) is 0 Å². The van der Waals surface area contributed by atoms with Crippen LogP contribution in [0.3, 0.4) is 0 Å². The highest BCUT2D eigenvalue weighted by atomic mass is 19.1. The van der Waals surface area contributed by atoms with Gasteiger partial charge in [-0.25, -0.2) is 4.39 Å². The van der Waals surface area contributed by atoms with Crippen molar-refractivity contribution in [3.05, 3.63) is 24.0 Å². The molecule has 0 spiro atoms. The number of nitrogens with one attached hydrogen (secondary N) is 1. The van der Waals surface area contributed by atoms with E-state index < -0.39 is 0 Å². The van der Waals surface area contributed by atoms with Gasteiger partial charge >= 0.3 is 0 Å². The summed E-state index contributed by atoms with van der Waals surface area (Å²) >= 11 is 0. The fourth-order valence-corrected chi connectivity index (χ4v) is 0.665. The maximum Gasteiger partial charge on any atom is 0.122 e. The van der Waals surface area contributed by atoms with Gasteiger partial charge in [-0.15, -0.1) is 0 Å². The molecule has 0 aliphatic rings. The average molecular weight is 136 g/mol. The molecule has 2 radical (unpaired) electrons. The molecule has 1 aromatic rings. The monoisotopic (exact) mass is 136 g/mol. The number of nitrogens with two attached hydrogens (primary N) is 1. The molecule has 0 amide bonds. The van der Waals surface area contributed by atoms with E-state index >= 15 is 0 Å². The minimum absolute atomic E-state index is 0.308. The van der Waals surface area contributed by atoms with Crippen molar-refractivity contribution in [1.29, 1.82) is 0 Å². The van der Waals surface area contributed by atoms with Gasteiger partial charge in [0, 0.05) is 5.69 Å². The van der Waals surface area contributed by atoms with Crippen molar-refractivity contribution in [2.45, 2.75) is 0 Å². The Morgan fingerprint density at radius 2 is 2.20 bits per heavy atom. The number of nitrogen functional groups attached to an aromatic ring is 1. The standard InChI is InChI=1S/C6H6BFN2/c7-5-3-4(8)1-2-6(5)10-9/h1-3,10H,9H2. The molecule has 0 aromatic heterocycles. The molecule has 0 heterocycles. The second-order valence-corrected chi connectivity index (χ2v) is 1.88. The highest BCUT2D eigenvalue weighted by Gasteiger charge is 1.95. The van der Waals surface area contributed by atoms with Gasteiger partial charge in [0.2, 0.25) is 0 Å². The lowest BCUT2D eigenvalue weighted by molar-refractivity contribution is 0.629. The van der Waals surface area contributed by atoms with Crippen molar-refractivity contribution in [3.8, 4) is 0 Å². The Labute approximate surface area is 59.6 Å². The van der Waals surface area contributed by atoms with Crippen LogP contribution in [0.4, 0.5) is 10.1 Å². The summed E-state index contributed by atoms with van der Waals surface area (Å²) in [6, 6.07) is 3.96. The predicted molar refractivity (Wildman–Crippen MR) is 39.6 cm³/mol. The Hall–Kier alpha value is -1.03. The van der Waals surface area contributed by atoms with Crippen LogP contribution in [0.5, 0.6) is 0 Å². The van der Waals surface area contributed by atoms with E-state index in [-0.39, 0.29) is 5.82 Å². The van der Waals surface area contributed by atoms with Gasteiger partial charge in [0.05, 0.1) is 0 Å². The third kappa shape index (κ3) is 1.27. The van der Waals surface area contributed by atoms with Gasteiger partial charge in [0.15, 0.2) is 0 Å². The molecule has 0 unspecified atom stereocenters. The van der Waals surface area contributed by atoms with E-state index in [1.165, 1.54) is 18.2 Å². The molecule has 0 fully saturated rings. The van der Waals surface area contributed by atoms with E-state index in [2.05, 4.69) is 5.43 Å². The first kappa shape index (κ1) is 7.09. The number of benzene rings is 1. The molecule has 0 saturated heterocycles. The molecular weight excluding hydrogens is 130 g/mol. The Bertz CT molecular complexity index is 239. The molecule has 1 aromatic carbocycles. The van der Waals surface area contributed by atoms with Gasteiger partial charge in [-0.05, 0) is 18.2 Å². The smallest absolute Gasteiger partial charge is 0.122 e. The van der Waals surface area contributed by atoms with Gasteiger partial charge in [0.25, 0.3) is 0 Å². The van der Waals surface area contributed by atoms with Crippen LogP contribution in [-0.4, -0.2) is 7.85 Å². The third-order valence-corrected chi connectivity index (χ3v) is 1.17. The van der Waals surface area contributed by atoms with E-state index in [0.717, 1.165) is 0 Å². The molecule has 0 bridgehead atoms. The quantitative estimate of drug-likeness (QED) is 0.321. The fraction of sp³-hybridized carbons (Fsp3) is 0. The minimum Gasteiger partial charge on any atom is -0.325 e. The zero-order chi connectivity index (χ0) is 7.56. The van der Waals surface area contributed by atoms with Crippen molar-refractivity contribution < 1.29 is 4.39 Å². The zero-order valence-corrected chi connectivity index (χ0v) is 5.26. The van der Waals surface area contributed by atoms with E-state index in [0.29, 0.717) is 11.2 Å². The minimum atomic E-state index is -0.364. The van der Waals surface area contributed by atoms with Crippen LogP contribution >= 0.6 is 0 Å². The summed E-state index contributed by atoms with van der Waals surface area (Å²) in [5.41, 5.74) is 3.17. The van der Waals surface area contributed by atoms with E-state index in [4.69, 9.17) is 13.7 Å². The average Bonchev–Trinajstić information content (AvgIpc) is 1.88. The first-order chi connectivity index (χ1) is 4.74. The molecule has 50 valence electrons. The van der Waals surface area contributed by atoms with Crippen molar-refractivity contribution in [2.24, 2.45) is 5.84 Å². The number of hydrogen-bond donors (Lipinski definition) is 2. The van der Waals surface area contributed by atoms with Crippen LogP contribution in [0.15, 0.2) is 18.2 Å². The summed E-state index contributed by atoms with van der Waals surface area (Å²) in [5, 5.41) is 0. The first-order valence-corrected chi connectivity index (χ1v) is 2.75. The number of halogens is 1. The highest BCUT2D eigenvalue weighted by Crippen LogP contribution is 2.01. The maximum absolute atomic E-state index is 12.3. The highest BCUT2D eigenvalue weighted by molar-refractivity contribution is 6.35. The van der Waals surface area contributed by atoms with Crippen LogP contribution in [0, 0.1) is 5.82 Å². The molecule has 1 rings (SSSR count). The van der Waals surface area contributed by atoms with E-state index in [9.17, 15) is 4.39 Å². The summed E-state index contributed by atoms with van der Waals surface area (Å²) in [4.78, 5) is 0. The van der Waals surface area contributed by atoms with Crippen LogP contribution in [0.1, 0.15) is 0 Å². The lowest BCUT2D eigenvalue weighted by Crippen LogP contribution is -2.17. The molecule has 0 aliphatic carbocycles. The van der Waals surface area contributed by atoms with E-state index in [1.54, 1.807) is 0 Å². The lowest BCUT2D eigenvalue weighted by Gasteiger charge is -2.02. The van der Waals surface area contributed by atoms with E-state index in [1.807, 2.05) is 0 Å². The van der Waals surface area contributed by atoms with Crippen molar-refractivity contribution >= 4 is 19.0 Å². The molecule has 3 N–H and O–H groups in total. The fourth-order valence-electron chi connectivity index (χ4n) is 0.665. The molecular formula is C6H6BFN2. The summed E-state index contributed by atoms with van der Waals surface area (Å²) in [7, 11) is 5.35. The Morgan fingerprint density at radius 1 is 1.50 bits per heavy atom. The molecule has 0 aliphatic heterocycles. The van der Waals surface area contributed by atoms with Crippen molar-refractivity contribution in [3.63, 3.8) is 0 Å². The predicted octanol–water partition coefficient (Wildman–Crippen LogP) is -0.0949. The topological polar surface area (TPSA) is 38.0 Å². The van der Waals surface area contributed by atoms with Gasteiger partial charge in [-0.1, -0.05) is 5.46 Å². The SMILES string of the molecule is [B]c1cc(F)ccc1NN. The second kappa shape index (κ2) is 2.71. The number of rotatable bonds is 1. The third-order valence-electron chi connectivity index (χ3n) is 1.17. The normalized spacial score (nSPS) is 9.40. The van der Waals surface area contributed by atoms with Crippen LogP contribution in [0.2, 0.25) is 0 Å². The summed E-state index contributed by atoms with van der Waals surface area (Å²) < 4.78 is 12.3. The molecule has 0 saturated carbocycles. The molecule has 0 atom stereocenters. The zero-order valence-electron chi connectivity index (χ0n) is 5.26. The van der Waals surface area contributed by atoms with Gasteiger partial charge < -0.3 is 5.43 Å². The van der Waals surface area contributed by atoms with Crippen LogP contribution in [0.25, 0.3) is 0 Å². The number of hydrogen-bond acceptors (Lipinski definition) is 2. The summed E-state index contributed by atoms with van der Waals surface area (Å²) in [5.74, 6) is 4.68. The van der Waals surface area contributed by atoms with Gasteiger partial charge in [-0.2, -0.15) is 0 Å². The lowest BCUT2D eigenvalue weighted by atomic mass is 9.94. The van der Waals surface area contributed by atoms with Crippen LogP contribution < -0.4 is 16.7 Å².